The molecular weight excluding hydrogens is 418 g/mol. The number of carbonyl (C=O) groups excluding carboxylic acids is 2. The molecule has 3 rings (SSSR count). The maximum atomic E-state index is 12.6. The van der Waals surface area contributed by atoms with Crippen molar-refractivity contribution in [2.45, 2.75) is 96.7 Å². The number of hydrogen-bond donors (Lipinski definition) is 0. The van der Waals surface area contributed by atoms with E-state index < -0.39 is 0 Å². The van der Waals surface area contributed by atoms with Crippen molar-refractivity contribution in [2.24, 2.45) is 5.92 Å². The van der Waals surface area contributed by atoms with Gasteiger partial charge in [-0.15, -0.1) is 0 Å². The molecule has 1 aliphatic carbocycles. The summed E-state index contributed by atoms with van der Waals surface area (Å²) in [7, 11) is 1.41. The molecule has 0 radical (unpaired) electrons. The summed E-state index contributed by atoms with van der Waals surface area (Å²) < 4.78 is 10.5. The number of hydrogen-bond acceptors (Lipinski definition) is 5. The van der Waals surface area contributed by atoms with Crippen LogP contribution in [0.5, 0.6) is 0 Å². The van der Waals surface area contributed by atoms with Gasteiger partial charge in [-0.05, 0) is 76.3 Å². The number of nitrogens with zero attached hydrogens (tertiary/aromatic N) is 3. The average Bonchev–Trinajstić information content (AvgIpc) is 3.62. The van der Waals surface area contributed by atoms with Crippen molar-refractivity contribution in [3.63, 3.8) is 0 Å². The molecule has 1 aromatic rings. The predicted molar refractivity (Wildman–Crippen MR) is 128 cm³/mol. The van der Waals surface area contributed by atoms with Crippen LogP contribution in [0.1, 0.15) is 83.4 Å². The molecule has 0 spiro atoms. The summed E-state index contributed by atoms with van der Waals surface area (Å²) in [4.78, 5) is 33.3. The van der Waals surface area contributed by atoms with Gasteiger partial charge in [0.15, 0.2) is 0 Å². The van der Waals surface area contributed by atoms with Gasteiger partial charge in [-0.2, -0.15) is 0 Å². The highest BCUT2D eigenvalue weighted by molar-refractivity contribution is 5.71. The van der Waals surface area contributed by atoms with Crippen LogP contribution in [-0.2, 0) is 15.9 Å². The van der Waals surface area contributed by atoms with Gasteiger partial charge >= 0.3 is 12.2 Å². The summed E-state index contributed by atoms with van der Waals surface area (Å²) in [6.07, 6.45) is 8.99. The first kappa shape index (κ1) is 25.3. The Morgan fingerprint density at radius 3 is 2.48 bits per heavy atom. The molecule has 184 valence electrons. The highest BCUT2D eigenvalue weighted by Crippen LogP contribution is 2.33. The number of carbonyl (C=O) groups is 2. The van der Waals surface area contributed by atoms with Crippen molar-refractivity contribution >= 4 is 12.2 Å². The molecule has 1 aromatic heterocycles. The lowest BCUT2D eigenvalue weighted by Crippen LogP contribution is -2.61. The van der Waals surface area contributed by atoms with Gasteiger partial charge in [-0.3, -0.25) is 9.88 Å². The highest BCUT2D eigenvalue weighted by Gasteiger charge is 2.38. The summed E-state index contributed by atoms with van der Waals surface area (Å²) in [5.41, 5.74) is 2.43. The Labute approximate surface area is 198 Å². The van der Waals surface area contributed by atoms with Gasteiger partial charge in [-0.25, -0.2) is 9.59 Å². The number of amides is 2. The molecule has 7 heteroatoms. The summed E-state index contributed by atoms with van der Waals surface area (Å²) in [5.74, 6) is 1.28. The minimum atomic E-state index is -0.334. The molecule has 7 nitrogen and oxygen atoms in total. The molecule has 1 aliphatic heterocycles. The first-order valence-corrected chi connectivity index (χ1v) is 12.6. The number of methoxy groups -OCH3 is 1. The Kier molecular flexibility index (Phi) is 8.98. The Morgan fingerprint density at radius 2 is 1.91 bits per heavy atom. The molecule has 2 heterocycles. The van der Waals surface area contributed by atoms with Crippen LogP contribution in [0.3, 0.4) is 0 Å². The Morgan fingerprint density at radius 1 is 1.15 bits per heavy atom. The van der Waals surface area contributed by atoms with Gasteiger partial charge in [0.2, 0.25) is 0 Å². The van der Waals surface area contributed by atoms with E-state index in [1.165, 1.54) is 37.6 Å². The molecule has 2 aliphatic rings. The zero-order chi connectivity index (χ0) is 24.0. The Balaban J connectivity index is 1.64. The van der Waals surface area contributed by atoms with Crippen LogP contribution in [0.2, 0.25) is 0 Å². The van der Waals surface area contributed by atoms with E-state index >= 15 is 0 Å². The number of piperazine rings is 1. The molecule has 0 bridgehead atoms. The number of ether oxygens (including phenoxy) is 2. The first-order valence-electron chi connectivity index (χ1n) is 12.6. The van der Waals surface area contributed by atoms with Gasteiger partial charge < -0.3 is 14.4 Å². The first-order chi connectivity index (χ1) is 15.8. The highest BCUT2D eigenvalue weighted by atomic mass is 16.6. The van der Waals surface area contributed by atoms with E-state index in [-0.39, 0.29) is 30.4 Å². The van der Waals surface area contributed by atoms with Crippen LogP contribution in [-0.4, -0.2) is 65.4 Å². The summed E-state index contributed by atoms with van der Waals surface area (Å²) >= 11 is 0. The second-order valence-corrected chi connectivity index (χ2v) is 9.97. The van der Waals surface area contributed by atoms with Crippen LogP contribution < -0.4 is 0 Å². The predicted octanol–water partition coefficient (Wildman–Crippen LogP) is 5.38. The molecule has 2 unspecified atom stereocenters. The molecule has 0 aromatic carbocycles. The molecule has 3 atom stereocenters. The largest absolute Gasteiger partial charge is 0.453 e. The Hall–Kier alpha value is -2.31. The van der Waals surface area contributed by atoms with E-state index in [1.54, 1.807) is 9.80 Å². The van der Waals surface area contributed by atoms with E-state index in [0.29, 0.717) is 19.0 Å². The van der Waals surface area contributed by atoms with Crippen molar-refractivity contribution < 1.29 is 19.1 Å². The van der Waals surface area contributed by atoms with E-state index in [1.807, 2.05) is 27.0 Å². The van der Waals surface area contributed by atoms with Crippen molar-refractivity contribution in [3.05, 3.63) is 29.6 Å². The minimum Gasteiger partial charge on any atom is -0.453 e. The molecule has 0 N–H and O–H groups in total. The van der Waals surface area contributed by atoms with Gasteiger partial charge in [0.25, 0.3) is 0 Å². The van der Waals surface area contributed by atoms with Crippen LogP contribution in [0.4, 0.5) is 9.59 Å². The van der Waals surface area contributed by atoms with Crippen molar-refractivity contribution in [3.8, 4) is 0 Å². The third kappa shape index (κ3) is 7.08. The molecule has 2 amide bonds. The van der Waals surface area contributed by atoms with Gasteiger partial charge in [-0.1, -0.05) is 25.8 Å². The van der Waals surface area contributed by atoms with E-state index in [0.717, 1.165) is 31.6 Å². The van der Waals surface area contributed by atoms with Gasteiger partial charge in [0.1, 0.15) is 0 Å². The lowest BCUT2D eigenvalue weighted by Gasteiger charge is -2.44. The fourth-order valence-electron chi connectivity index (χ4n) is 4.86. The zero-order valence-corrected chi connectivity index (χ0v) is 21.0. The molecule has 1 saturated heterocycles. The summed E-state index contributed by atoms with van der Waals surface area (Å²) in [6.45, 7) is 8.75. The Bertz CT molecular complexity index is 778. The third-order valence-corrected chi connectivity index (χ3v) is 6.93. The van der Waals surface area contributed by atoms with Crippen LogP contribution >= 0.6 is 0 Å². The maximum Gasteiger partial charge on any atom is 0.410 e. The molecule has 33 heavy (non-hydrogen) atoms. The van der Waals surface area contributed by atoms with Crippen LogP contribution in [0, 0.1) is 5.92 Å². The fraction of sp³-hybridized carbons (Fsp3) is 0.731. The number of pyridine rings is 1. The minimum absolute atomic E-state index is 0.110. The number of rotatable bonds is 9. The summed E-state index contributed by atoms with van der Waals surface area (Å²) in [6, 6.07) is 4.15. The fourth-order valence-corrected chi connectivity index (χ4v) is 4.86. The zero-order valence-electron chi connectivity index (χ0n) is 21.0. The van der Waals surface area contributed by atoms with Crippen molar-refractivity contribution in [2.75, 3.05) is 20.2 Å². The van der Waals surface area contributed by atoms with Crippen LogP contribution in [0.15, 0.2) is 18.3 Å². The van der Waals surface area contributed by atoms with Gasteiger partial charge in [0, 0.05) is 25.0 Å². The molecule has 1 saturated carbocycles. The average molecular weight is 460 g/mol. The monoisotopic (exact) mass is 459 g/mol. The van der Waals surface area contributed by atoms with Crippen molar-refractivity contribution in [1.82, 2.24) is 14.8 Å². The van der Waals surface area contributed by atoms with E-state index in [2.05, 4.69) is 19.1 Å². The standard InChI is InChI=1S/C26H41N3O4/c1-6-21(22-10-13-23(27-15-22)12-9-20-7-8-20)11-14-24-17-28(25(30)33-18(2)3)16-19(4)29(24)26(31)32-5/h10,13,15,18-21,24H,6-9,11-12,14,16-17H2,1-5H3/t19-,21?,24?/m0/s1. The second kappa shape index (κ2) is 11.7. The molecule has 2 fully saturated rings. The maximum absolute atomic E-state index is 12.6. The van der Waals surface area contributed by atoms with Crippen molar-refractivity contribution in [1.29, 1.82) is 0 Å². The third-order valence-electron chi connectivity index (χ3n) is 6.93. The number of aryl methyl sites for hydroxylation is 1. The summed E-state index contributed by atoms with van der Waals surface area (Å²) in [5, 5.41) is 0. The lowest BCUT2D eigenvalue weighted by atomic mass is 9.90. The van der Waals surface area contributed by atoms with E-state index in [9.17, 15) is 9.59 Å². The number of aromatic nitrogens is 1. The smallest absolute Gasteiger partial charge is 0.410 e. The van der Waals surface area contributed by atoms with Crippen LogP contribution in [0.25, 0.3) is 0 Å². The SMILES string of the molecule is CCC(CCC1CN(C(=O)OC(C)C)C[C@H](C)N1C(=O)OC)c1ccc(CCC2CC2)nc1. The lowest BCUT2D eigenvalue weighted by molar-refractivity contribution is 0.00967. The quantitative estimate of drug-likeness (QED) is 0.495. The van der Waals surface area contributed by atoms with E-state index in [4.69, 9.17) is 14.5 Å². The second-order valence-electron chi connectivity index (χ2n) is 9.97. The topological polar surface area (TPSA) is 72.0 Å². The normalized spacial score (nSPS) is 21.8. The van der Waals surface area contributed by atoms with Gasteiger partial charge in [0.05, 0.1) is 25.3 Å². The molecular formula is C26H41N3O4.